The number of carbonyl (C=O) groups is 1. The average Bonchev–Trinajstić information content (AvgIpc) is 3.01. The molecule has 3 nitrogen and oxygen atoms in total. The van der Waals surface area contributed by atoms with Crippen LogP contribution >= 0.6 is 0 Å². The van der Waals surface area contributed by atoms with Crippen LogP contribution in [0, 0.1) is 17.8 Å². The van der Waals surface area contributed by atoms with Crippen molar-refractivity contribution in [2.24, 2.45) is 23.5 Å². The van der Waals surface area contributed by atoms with Crippen molar-refractivity contribution in [1.29, 1.82) is 0 Å². The van der Waals surface area contributed by atoms with E-state index in [-0.39, 0.29) is 5.92 Å². The van der Waals surface area contributed by atoms with Crippen LogP contribution in [0.2, 0.25) is 0 Å². The van der Waals surface area contributed by atoms with Crippen molar-refractivity contribution in [3.63, 3.8) is 0 Å². The lowest BCUT2D eigenvalue weighted by molar-refractivity contribution is -0.141. The molecule has 2 rings (SSSR count). The van der Waals surface area contributed by atoms with Gasteiger partial charge in [-0.15, -0.1) is 0 Å². The fourth-order valence-electron chi connectivity index (χ4n) is 4.11. The maximum atomic E-state index is 13.1. The van der Waals surface area contributed by atoms with Gasteiger partial charge in [-0.2, -0.15) is 0 Å². The van der Waals surface area contributed by atoms with Crippen molar-refractivity contribution < 1.29 is 4.79 Å². The Hall–Kier alpha value is -0.570. The molecule has 0 saturated heterocycles. The molecule has 2 unspecified atom stereocenters. The fraction of sp³-hybridized carbons (Fsp3) is 0.944. The van der Waals surface area contributed by atoms with Crippen molar-refractivity contribution in [2.45, 2.75) is 77.7 Å². The van der Waals surface area contributed by atoms with Crippen LogP contribution in [-0.2, 0) is 4.79 Å². The van der Waals surface area contributed by atoms with Crippen molar-refractivity contribution >= 4 is 5.91 Å². The SMILES string of the molecule is CC(C)CCN(C(=O)C1CCCCC1CN)C1CCCC1. The van der Waals surface area contributed by atoms with Gasteiger partial charge < -0.3 is 10.6 Å². The van der Waals surface area contributed by atoms with E-state index in [0.717, 1.165) is 25.8 Å². The Bertz CT molecular complexity index is 323. The molecular formula is C18H34N2O. The first-order valence-electron chi connectivity index (χ1n) is 9.14. The molecule has 122 valence electrons. The minimum atomic E-state index is 0.205. The highest BCUT2D eigenvalue weighted by molar-refractivity contribution is 5.79. The van der Waals surface area contributed by atoms with Gasteiger partial charge in [0.25, 0.3) is 0 Å². The molecule has 2 aliphatic rings. The standard InChI is InChI=1S/C18H34N2O/c1-14(2)11-12-20(16-8-4-5-9-16)18(21)17-10-6-3-7-15(17)13-19/h14-17H,3-13,19H2,1-2H3. The molecule has 0 spiro atoms. The molecule has 3 heteroatoms. The van der Waals surface area contributed by atoms with E-state index >= 15 is 0 Å². The van der Waals surface area contributed by atoms with Crippen LogP contribution in [0.5, 0.6) is 0 Å². The highest BCUT2D eigenvalue weighted by Gasteiger charge is 2.36. The molecule has 0 radical (unpaired) electrons. The van der Waals surface area contributed by atoms with Gasteiger partial charge in [-0.1, -0.05) is 39.5 Å². The third kappa shape index (κ3) is 4.45. The number of nitrogens with two attached hydrogens (primary N) is 1. The molecule has 0 aromatic carbocycles. The summed E-state index contributed by atoms with van der Waals surface area (Å²) in [6.45, 7) is 6.13. The predicted octanol–water partition coefficient (Wildman–Crippen LogP) is 3.57. The van der Waals surface area contributed by atoms with E-state index in [1.165, 1.54) is 38.5 Å². The highest BCUT2D eigenvalue weighted by atomic mass is 16.2. The largest absolute Gasteiger partial charge is 0.339 e. The van der Waals surface area contributed by atoms with Crippen LogP contribution < -0.4 is 5.73 Å². The van der Waals surface area contributed by atoms with Gasteiger partial charge in [0, 0.05) is 18.5 Å². The summed E-state index contributed by atoms with van der Waals surface area (Å²) in [5.74, 6) is 1.72. The summed E-state index contributed by atoms with van der Waals surface area (Å²) in [5.41, 5.74) is 5.94. The van der Waals surface area contributed by atoms with Gasteiger partial charge in [0.05, 0.1) is 0 Å². The second-order valence-electron chi connectivity index (χ2n) is 7.54. The van der Waals surface area contributed by atoms with E-state index in [1.54, 1.807) is 0 Å². The van der Waals surface area contributed by atoms with Gasteiger partial charge in [-0.05, 0) is 50.5 Å². The zero-order chi connectivity index (χ0) is 15.2. The minimum Gasteiger partial charge on any atom is -0.339 e. The van der Waals surface area contributed by atoms with Gasteiger partial charge in [-0.3, -0.25) is 4.79 Å². The normalized spacial score (nSPS) is 27.2. The highest BCUT2D eigenvalue weighted by Crippen LogP contribution is 2.33. The van der Waals surface area contributed by atoms with Gasteiger partial charge in [0.2, 0.25) is 5.91 Å². The van der Waals surface area contributed by atoms with Gasteiger partial charge in [0.15, 0.2) is 0 Å². The van der Waals surface area contributed by atoms with Gasteiger partial charge in [0.1, 0.15) is 0 Å². The summed E-state index contributed by atoms with van der Waals surface area (Å²) in [4.78, 5) is 15.4. The Morgan fingerprint density at radius 1 is 1.10 bits per heavy atom. The van der Waals surface area contributed by atoms with Gasteiger partial charge >= 0.3 is 0 Å². The summed E-state index contributed by atoms with van der Waals surface area (Å²) in [5, 5.41) is 0. The number of amides is 1. The Labute approximate surface area is 130 Å². The number of rotatable bonds is 6. The van der Waals surface area contributed by atoms with E-state index in [0.29, 0.717) is 30.3 Å². The maximum Gasteiger partial charge on any atom is 0.226 e. The molecule has 0 heterocycles. The molecule has 0 aliphatic heterocycles. The first kappa shape index (κ1) is 16.8. The lowest BCUT2D eigenvalue weighted by atomic mass is 9.78. The molecule has 1 amide bonds. The van der Waals surface area contributed by atoms with Crippen LogP contribution in [0.4, 0.5) is 0 Å². The summed E-state index contributed by atoms with van der Waals surface area (Å²) in [7, 11) is 0. The topological polar surface area (TPSA) is 46.3 Å². The van der Waals surface area contributed by atoms with E-state index < -0.39 is 0 Å². The molecule has 0 aromatic heterocycles. The van der Waals surface area contributed by atoms with E-state index in [9.17, 15) is 4.79 Å². The lowest BCUT2D eigenvalue weighted by Gasteiger charge is -2.37. The lowest BCUT2D eigenvalue weighted by Crippen LogP contribution is -2.47. The third-order valence-electron chi connectivity index (χ3n) is 5.52. The second kappa shape index (κ2) is 8.17. The number of carbonyl (C=O) groups excluding carboxylic acids is 1. The van der Waals surface area contributed by atoms with Crippen molar-refractivity contribution in [3.8, 4) is 0 Å². The quantitative estimate of drug-likeness (QED) is 0.814. The maximum absolute atomic E-state index is 13.1. The minimum absolute atomic E-state index is 0.205. The van der Waals surface area contributed by atoms with Crippen LogP contribution in [0.1, 0.15) is 71.6 Å². The van der Waals surface area contributed by atoms with Crippen LogP contribution in [-0.4, -0.2) is 29.9 Å². The number of hydrogen-bond acceptors (Lipinski definition) is 2. The summed E-state index contributed by atoms with van der Waals surface area (Å²) >= 11 is 0. The summed E-state index contributed by atoms with van der Waals surface area (Å²) < 4.78 is 0. The Morgan fingerprint density at radius 3 is 2.33 bits per heavy atom. The molecular weight excluding hydrogens is 260 g/mol. The molecule has 0 bridgehead atoms. The van der Waals surface area contributed by atoms with Crippen molar-refractivity contribution in [1.82, 2.24) is 4.90 Å². The van der Waals surface area contributed by atoms with Crippen molar-refractivity contribution in [2.75, 3.05) is 13.1 Å². The van der Waals surface area contributed by atoms with E-state index in [2.05, 4.69) is 18.7 Å². The van der Waals surface area contributed by atoms with Crippen molar-refractivity contribution in [3.05, 3.63) is 0 Å². The van der Waals surface area contributed by atoms with E-state index in [1.807, 2.05) is 0 Å². The third-order valence-corrected chi connectivity index (χ3v) is 5.52. The molecule has 2 N–H and O–H groups in total. The average molecular weight is 294 g/mol. The van der Waals surface area contributed by atoms with Crippen LogP contribution in [0.3, 0.4) is 0 Å². The summed E-state index contributed by atoms with van der Waals surface area (Å²) in [6, 6.07) is 0.511. The summed E-state index contributed by atoms with van der Waals surface area (Å²) in [6.07, 6.45) is 10.8. The zero-order valence-electron chi connectivity index (χ0n) is 14.0. The number of hydrogen-bond donors (Lipinski definition) is 1. The second-order valence-corrected chi connectivity index (χ2v) is 7.54. The zero-order valence-corrected chi connectivity index (χ0v) is 14.0. The Morgan fingerprint density at radius 2 is 1.71 bits per heavy atom. The fourth-order valence-corrected chi connectivity index (χ4v) is 4.11. The van der Waals surface area contributed by atoms with E-state index in [4.69, 9.17) is 5.73 Å². The molecule has 2 aliphatic carbocycles. The van der Waals surface area contributed by atoms with Gasteiger partial charge in [-0.25, -0.2) is 0 Å². The molecule has 2 fully saturated rings. The number of nitrogens with zero attached hydrogens (tertiary/aromatic N) is 1. The first-order valence-corrected chi connectivity index (χ1v) is 9.14. The molecule has 2 saturated carbocycles. The Balaban J connectivity index is 2.04. The van der Waals surface area contributed by atoms with Crippen LogP contribution in [0.15, 0.2) is 0 Å². The first-order chi connectivity index (χ1) is 10.1. The molecule has 2 atom stereocenters. The monoisotopic (exact) mass is 294 g/mol. The predicted molar refractivity (Wildman–Crippen MR) is 87.9 cm³/mol. The molecule has 21 heavy (non-hydrogen) atoms. The molecule has 0 aromatic rings. The van der Waals surface area contributed by atoms with Crippen LogP contribution in [0.25, 0.3) is 0 Å². The Kier molecular flexibility index (Phi) is 6.53. The smallest absolute Gasteiger partial charge is 0.226 e.